The van der Waals surface area contributed by atoms with Crippen LogP contribution in [-0.4, -0.2) is 75.9 Å². The fourth-order valence-electron chi connectivity index (χ4n) is 13.4. The average Bonchev–Trinajstić information content (AvgIpc) is 1.59. The van der Waals surface area contributed by atoms with Gasteiger partial charge in [0, 0.05) is 131 Å². The molecule has 2 amide bonds. The smallest absolute Gasteiger partial charge is 0.545 e. The molecule has 29 heteroatoms. The number of hydrogen-bond acceptors (Lipinski definition) is 15. The number of halogens is 6. The van der Waals surface area contributed by atoms with Gasteiger partial charge in [0.05, 0.1) is 62.3 Å². The van der Waals surface area contributed by atoms with Crippen molar-refractivity contribution in [1.29, 1.82) is 0 Å². The molecule has 0 saturated heterocycles. The predicted octanol–water partition coefficient (Wildman–Crippen LogP) is 9.19. The summed E-state index contributed by atoms with van der Waals surface area (Å²) in [4.78, 5) is 50.8. The molecule has 15 rings (SSSR count). The number of anilines is 1. The molecule has 6 heterocycles. The van der Waals surface area contributed by atoms with Gasteiger partial charge in [-0.2, -0.15) is 10.2 Å². The van der Waals surface area contributed by atoms with Crippen LogP contribution in [0.2, 0.25) is 10.0 Å². The number of carbonyl (C=O) groups excluding carboxylic acids is 4. The quantitative estimate of drug-likeness (QED) is 0.0163. The SMILES string of the molecule is NCCCCCCn1cc(-n2c(C3CC3)c(Sc3cccc(C(=O)[O-])c3F)c3ccc(Cl)c(F)c32)cn1.O=C(NCCCCCCn1cc(-n2c(C3CC3)c(Sc3cccc(C(=O)[O-])c3F)c3ccc(Cl)c(F)c32)cn1)Nc1ccc2c(c1)C(=O)OC21c2ccc(O)cc2Oc2cc(O)ccc21.[Na+].[Na+]. The zero-order valence-electron chi connectivity index (χ0n) is 56.3. The van der Waals surface area contributed by atoms with Gasteiger partial charge in [0.25, 0.3) is 0 Å². The van der Waals surface area contributed by atoms with Crippen LogP contribution in [0.15, 0.2) is 160 Å². The number of carboxylic acids is 2. The number of amides is 2. The maximum absolute atomic E-state index is 15.9. The molecule has 0 bridgehead atoms. The van der Waals surface area contributed by atoms with Gasteiger partial charge in [-0.1, -0.05) is 103 Å². The minimum atomic E-state index is -1.62. The van der Waals surface area contributed by atoms with E-state index in [1.807, 2.05) is 21.6 Å². The Balaban J connectivity index is 0.000000222. The van der Waals surface area contributed by atoms with Crippen LogP contribution in [0.25, 0.3) is 33.2 Å². The first-order chi connectivity index (χ1) is 49.3. The largest absolute Gasteiger partial charge is 1.00 e. The zero-order valence-corrected chi connectivity index (χ0v) is 63.4. The number of fused-ring (bicyclic) bond motifs is 8. The van der Waals surface area contributed by atoms with E-state index in [0.717, 1.165) is 118 Å². The Morgan fingerprint density at radius 3 is 1.55 bits per heavy atom. The Morgan fingerprint density at radius 1 is 0.606 bits per heavy atom. The van der Waals surface area contributed by atoms with Gasteiger partial charge in [-0.15, -0.1) is 0 Å². The molecule has 2 aliphatic heterocycles. The Labute approximate surface area is 656 Å². The van der Waals surface area contributed by atoms with Crippen molar-refractivity contribution in [2.45, 2.75) is 127 Å². The van der Waals surface area contributed by atoms with Crippen molar-refractivity contribution >= 4 is 98.2 Å². The van der Waals surface area contributed by atoms with Crippen molar-refractivity contribution in [2.75, 3.05) is 18.4 Å². The second kappa shape index (κ2) is 32.0. The molecule has 0 unspecified atom stereocenters. The Hall–Kier alpha value is -7.92. The molecule has 1 spiro atoms. The fraction of sp³-hybridized carbons (Fsp3) is 0.253. The monoisotopic (exact) mass is 1510 g/mol. The fourth-order valence-corrected chi connectivity index (χ4v) is 16.1. The van der Waals surface area contributed by atoms with E-state index in [0.29, 0.717) is 85.9 Å². The van der Waals surface area contributed by atoms with Gasteiger partial charge in [0.15, 0.2) is 17.2 Å². The first-order valence-electron chi connectivity index (χ1n) is 33.2. The molecular weight excluding hydrogens is 1440 g/mol. The Kier molecular flexibility index (Phi) is 23.3. The molecule has 11 aromatic rings. The third-order valence-electron chi connectivity index (χ3n) is 18.5. The second-order valence-corrected chi connectivity index (χ2v) is 28.3. The van der Waals surface area contributed by atoms with Crippen LogP contribution in [0, 0.1) is 23.3 Å². The number of hydrogen-bond donors (Lipinski definition) is 5. The van der Waals surface area contributed by atoms with E-state index in [1.165, 1.54) is 66.7 Å². The minimum absolute atomic E-state index is 0. The second-order valence-electron chi connectivity index (χ2n) is 25.4. The number of aryl methyl sites for hydroxylation is 2. The summed E-state index contributed by atoms with van der Waals surface area (Å²) in [6, 6.07) is 28.2. The Morgan fingerprint density at radius 2 is 1.08 bits per heavy atom. The molecule has 4 aliphatic rings. The summed E-state index contributed by atoms with van der Waals surface area (Å²) in [5.74, 6) is -6.13. The molecule has 0 atom stereocenters. The molecule has 0 radical (unpaired) electrons. The van der Waals surface area contributed by atoms with Crippen LogP contribution in [0.4, 0.5) is 28.0 Å². The summed E-state index contributed by atoms with van der Waals surface area (Å²) in [5.41, 5.74) is 8.72. The maximum Gasteiger partial charge on any atom is 1.00 e. The van der Waals surface area contributed by atoms with E-state index in [4.69, 9.17) is 38.4 Å². The van der Waals surface area contributed by atoms with Gasteiger partial charge >= 0.3 is 71.1 Å². The van der Waals surface area contributed by atoms with Crippen LogP contribution in [0.3, 0.4) is 0 Å². The van der Waals surface area contributed by atoms with E-state index in [1.54, 1.807) is 64.1 Å². The third kappa shape index (κ3) is 15.0. The number of rotatable bonds is 24. The van der Waals surface area contributed by atoms with Crippen LogP contribution in [0.1, 0.15) is 148 Å². The standard InChI is InChI=1S/C48H38ClF2N5O8S.C27H27ClF2N4O2S.2Na/c49-36-17-13-31-43(41(36)51)56(42(25-8-9-25)44(31)65-39-7-5-6-30(40(39)50)45(59)60)27-23-53-55(24-27)19-4-2-1-3-18-52-47(62)54-26-10-14-33-32(20-26)46(61)64-48(33)34-15-11-28(57)21-37(34)63-38-22-29(58)12-16-35(38)48;28-20-11-10-19-25(23(20)30)34(17-14-32-33(15-17)13-4-2-1-3-12-31)24(16-8-9-16)26(19)37-21-7-5-6-18(22(21)29)27(35)36;;/h5-7,10-17,20-25,57-58H,1-4,8-9,18-19H2,(H,59,60)(H2,52,54,62);5-7,10-11,14-16H,1-4,8-9,12-13,31H2,(H,35,36);;/q;;2*+1/p-2. The molecule has 2 saturated carbocycles. The van der Waals surface area contributed by atoms with Gasteiger partial charge < -0.3 is 65.0 Å². The summed E-state index contributed by atoms with van der Waals surface area (Å²) in [6.07, 6.45) is 17.8. The van der Waals surface area contributed by atoms with E-state index >= 15 is 17.6 Å². The topological polar surface area (TPSA) is 269 Å². The number of urea groups is 1. The van der Waals surface area contributed by atoms with E-state index in [2.05, 4.69) is 20.8 Å². The third-order valence-corrected chi connectivity index (χ3v) is 21.4. The number of ether oxygens (including phenoxy) is 2. The first-order valence-corrected chi connectivity index (χ1v) is 35.6. The van der Waals surface area contributed by atoms with Crippen LogP contribution >= 0.6 is 46.7 Å². The van der Waals surface area contributed by atoms with Crippen molar-refractivity contribution in [3.05, 3.63) is 218 Å². The molecule has 2 fully saturated rings. The van der Waals surface area contributed by atoms with Crippen LogP contribution in [-0.2, 0) is 23.4 Å². The number of esters is 1. The van der Waals surface area contributed by atoms with Crippen molar-refractivity contribution in [1.82, 2.24) is 34.0 Å². The van der Waals surface area contributed by atoms with E-state index in [-0.39, 0.29) is 125 Å². The molecule has 104 heavy (non-hydrogen) atoms. The number of nitrogens with zero attached hydrogens (tertiary/aromatic N) is 6. The van der Waals surface area contributed by atoms with Crippen molar-refractivity contribution < 1.29 is 126 Å². The molecule has 7 aromatic carbocycles. The van der Waals surface area contributed by atoms with Gasteiger partial charge in [-0.3, -0.25) is 9.36 Å². The van der Waals surface area contributed by atoms with Crippen molar-refractivity contribution in [3.8, 4) is 34.4 Å². The number of aromatic carboxylic acids is 2. The average molecular weight is 1510 g/mol. The normalized spacial score (nSPS) is 13.8. The molecule has 524 valence electrons. The summed E-state index contributed by atoms with van der Waals surface area (Å²) in [7, 11) is 0. The van der Waals surface area contributed by atoms with Crippen LogP contribution < -0.4 is 90.4 Å². The number of unbranched alkanes of at least 4 members (excludes halogenated alkanes) is 6. The summed E-state index contributed by atoms with van der Waals surface area (Å²) >= 11 is 14.6. The molecule has 6 N–H and O–H groups in total. The summed E-state index contributed by atoms with van der Waals surface area (Å²) < 4.78 is 81.3. The molecule has 4 aromatic heterocycles. The zero-order chi connectivity index (χ0) is 71.3. The van der Waals surface area contributed by atoms with Crippen LogP contribution in [0.5, 0.6) is 23.0 Å². The summed E-state index contributed by atoms with van der Waals surface area (Å²) in [6.45, 7) is 2.40. The van der Waals surface area contributed by atoms with Gasteiger partial charge in [0.2, 0.25) is 0 Å². The number of phenolic OH excluding ortho intramolecular Hbond substituents is 2. The number of aromatic nitrogens is 6. The molecule has 19 nitrogen and oxygen atoms in total. The molecular formula is C75H63Cl2F4N9Na2O10S2. The number of benzene rings is 7. The number of carbonyl (C=O) groups is 4. The van der Waals surface area contributed by atoms with E-state index in [9.17, 15) is 39.6 Å². The number of nitrogens with two attached hydrogens (primary N) is 1. The maximum atomic E-state index is 15.9. The number of aromatic hydroxyl groups is 2. The van der Waals surface area contributed by atoms with E-state index < -0.39 is 63.9 Å². The van der Waals surface area contributed by atoms with Crippen molar-refractivity contribution in [2.24, 2.45) is 5.73 Å². The van der Waals surface area contributed by atoms with Gasteiger partial charge in [-0.05, 0) is 131 Å². The number of carboxylic acid groups (broad SMARTS) is 2. The number of phenols is 2. The Bertz CT molecular complexity index is 5130. The summed E-state index contributed by atoms with van der Waals surface area (Å²) in [5, 5.41) is 59.1. The first kappa shape index (κ1) is 75.8. The van der Waals surface area contributed by atoms with Crippen molar-refractivity contribution in [3.63, 3.8) is 0 Å². The minimum Gasteiger partial charge on any atom is -0.545 e. The molecule has 2 aliphatic carbocycles. The van der Waals surface area contributed by atoms with Gasteiger partial charge in [-0.25, -0.2) is 27.2 Å². The van der Waals surface area contributed by atoms with Gasteiger partial charge in [0.1, 0.15) is 34.6 Å². The number of nitrogens with one attached hydrogen (secondary N) is 2. The predicted molar refractivity (Wildman–Crippen MR) is 373 cm³/mol.